The van der Waals surface area contributed by atoms with Crippen LogP contribution in [0.3, 0.4) is 0 Å². The highest BCUT2D eigenvalue weighted by molar-refractivity contribution is 7.92. The average molecular weight is 492 g/mol. The van der Waals surface area contributed by atoms with Crippen molar-refractivity contribution in [2.45, 2.75) is 59.2 Å². The van der Waals surface area contributed by atoms with Crippen LogP contribution in [0, 0.1) is 12.7 Å². The largest absolute Gasteiger partial charge is 0.352 e. The van der Waals surface area contributed by atoms with Gasteiger partial charge in [0.05, 0.1) is 11.9 Å². The Morgan fingerprint density at radius 3 is 2.24 bits per heavy atom. The number of benzene rings is 2. The predicted molar refractivity (Wildman–Crippen MR) is 132 cm³/mol. The quantitative estimate of drug-likeness (QED) is 0.520. The van der Waals surface area contributed by atoms with Gasteiger partial charge in [-0.15, -0.1) is 0 Å². The molecule has 0 unspecified atom stereocenters. The topological polar surface area (TPSA) is 86.8 Å². The molecule has 0 radical (unpaired) electrons. The van der Waals surface area contributed by atoms with Gasteiger partial charge in [0.25, 0.3) is 0 Å². The molecule has 0 fully saturated rings. The summed E-state index contributed by atoms with van der Waals surface area (Å²) in [7, 11) is -3.90. The van der Waals surface area contributed by atoms with Gasteiger partial charge < -0.3 is 10.2 Å². The van der Waals surface area contributed by atoms with Gasteiger partial charge in [0.2, 0.25) is 21.8 Å². The van der Waals surface area contributed by atoms with Crippen molar-refractivity contribution >= 4 is 27.5 Å². The molecule has 0 saturated carbocycles. The molecule has 1 N–H and O–H groups in total. The molecule has 0 aliphatic carbocycles. The van der Waals surface area contributed by atoms with Gasteiger partial charge in [-0.2, -0.15) is 0 Å². The summed E-state index contributed by atoms with van der Waals surface area (Å²) in [5, 5.41) is 2.92. The third-order valence-corrected chi connectivity index (χ3v) is 6.78. The van der Waals surface area contributed by atoms with Crippen molar-refractivity contribution in [3.05, 3.63) is 65.5 Å². The summed E-state index contributed by atoms with van der Waals surface area (Å²) in [4.78, 5) is 28.0. The highest BCUT2D eigenvalue weighted by Gasteiger charge is 2.32. The van der Waals surface area contributed by atoms with Crippen LogP contribution in [0.1, 0.15) is 44.7 Å². The van der Waals surface area contributed by atoms with Crippen molar-refractivity contribution in [3.8, 4) is 0 Å². The number of carbonyl (C=O) groups excluding carboxylic acids is 2. The molecule has 2 rings (SSSR count). The van der Waals surface area contributed by atoms with Crippen LogP contribution in [0.4, 0.5) is 10.1 Å². The number of hydrogen-bond donors (Lipinski definition) is 1. The second-order valence-electron chi connectivity index (χ2n) is 8.50. The minimum atomic E-state index is -3.90. The Hall–Kier alpha value is -2.94. The minimum Gasteiger partial charge on any atom is -0.352 e. The smallest absolute Gasteiger partial charge is 0.244 e. The first-order valence-electron chi connectivity index (χ1n) is 11.3. The van der Waals surface area contributed by atoms with E-state index >= 15 is 0 Å². The van der Waals surface area contributed by atoms with E-state index in [1.54, 1.807) is 6.92 Å². The first-order chi connectivity index (χ1) is 16.0. The number of aryl methyl sites for hydroxylation is 1. The minimum absolute atomic E-state index is 0.0447. The third kappa shape index (κ3) is 7.55. The first-order valence-corrected chi connectivity index (χ1v) is 13.2. The third-order valence-electron chi connectivity index (χ3n) is 5.64. The van der Waals surface area contributed by atoms with Crippen LogP contribution in [0.5, 0.6) is 0 Å². The summed E-state index contributed by atoms with van der Waals surface area (Å²) in [6.07, 6.45) is 2.04. The molecule has 2 amide bonds. The number of nitrogens with one attached hydrogen (secondary N) is 1. The molecule has 2 aromatic rings. The Bertz CT molecular complexity index is 1090. The van der Waals surface area contributed by atoms with Crippen molar-refractivity contribution < 1.29 is 22.4 Å². The maximum Gasteiger partial charge on any atom is 0.244 e. The Morgan fingerprint density at radius 2 is 1.71 bits per heavy atom. The van der Waals surface area contributed by atoms with E-state index in [4.69, 9.17) is 0 Å². The van der Waals surface area contributed by atoms with Crippen molar-refractivity contribution in [1.82, 2.24) is 10.2 Å². The van der Waals surface area contributed by atoms with Crippen LogP contribution >= 0.6 is 0 Å². The van der Waals surface area contributed by atoms with E-state index in [1.807, 2.05) is 45.0 Å². The van der Waals surface area contributed by atoms with E-state index in [2.05, 4.69) is 5.32 Å². The maximum atomic E-state index is 13.8. The SMILES string of the molecule is CC[C@@H](C)NC(=O)[C@H](CC)N(Cc1ccc(C)cc1)C(=O)CN(c1cccc(F)c1)S(C)(=O)=O. The summed E-state index contributed by atoms with van der Waals surface area (Å²) < 4.78 is 39.7. The van der Waals surface area contributed by atoms with Gasteiger partial charge in [0.15, 0.2) is 0 Å². The fraction of sp³-hybridized carbons (Fsp3) is 0.440. The summed E-state index contributed by atoms with van der Waals surface area (Å²) in [6.45, 7) is 7.16. The lowest BCUT2D eigenvalue weighted by Crippen LogP contribution is -2.53. The van der Waals surface area contributed by atoms with E-state index < -0.39 is 34.3 Å². The summed E-state index contributed by atoms with van der Waals surface area (Å²) >= 11 is 0. The molecule has 7 nitrogen and oxygen atoms in total. The molecule has 0 aliphatic heterocycles. The lowest BCUT2D eigenvalue weighted by atomic mass is 10.1. The van der Waals surface area contributed by atoms with Gasteiger partial charge >= 0.3 is 0 Å². The fourth-order valence-electron chi connectivity index (χ4n) is 3.50. The molecule has 0 aliphatic rings. The molecule has 0 spiro atoms. The number of hydrogen-bond acceptors (Lipinski definition) is 4. The summed E-state index contributed by atoms with van der Waals surface area (Å²) in [6, 6.07) is 11.8. The second kappa shape index (κ2) is 12.0. The fourth-order valence-corrected chi connectivity index (χ4v) is 4.34. The Kier molecular flexibility index (Phi) is 9.61. The van der Waals surface area contributed by atoms with Gasteiger partial charge in [-0.1, -0.05) is 49.7 Å². The zero-order valence-electron chi connectivity index (χ0n) is 20.4. The second-order valence-corrected chi connectivity index (χ2v) is 10.4. The molecule has 0 bridgehead atoms. The van der Waals surface area contributed by atoms with Crippen LogP contribution < -0.4 is 9.62 Å². The van der Waals surface area contributed by atoms with E-state index in [-0.39, 0.29) is 24.2 Å². The Balaban J connectivity index is 2.43. The number of halogens is 1. The van der Waals surface area contributed by atoms with Crippen molar-refractivity contribution in [2.24, 2.45) is 0 Å². The molecule has 0 saturated heterocycles. The van der Waals surface area contributed by atoms with E-state index in [0.717, 1.165) is 34.2 Å². The van der Waals surface area contributed by atoms with E-state index in [9.17, 15) is 22.4 Å². The van der Waals surface area contributed by atoms with Gasteiger partial charge in [-0.05, 0) is 50.5 Å². The zero-order valence-corrected chi connectivity index (χ0v) is 21.2. The van der Waals surface area contributed by atoms with Crippen LogP contribution in [-0.2, 0) is 26.2 Å². The van der Waals surface area contributed by atoms with Gasteiger partial charge in [0, 0.05) is 12.6 Å². The molecule has 34 heavy (non-hydrogen) atoms. The maximum absolute atomic E-state index is 13.8. The molecule has 2 aromatic carbocycles. The predicted octanol–water partition coefficient (Wildman–Crippen LogP) is 3.62. The Labute approximate surface area is 202 Å². The zero-order chi connectivity index (χ0) is 25.5. The monoisotopic (exact) mass is 491 g/mol. The van der Waals surface area contributed by atoms with Crippen LogP contribution in [0.2, 0.25) is 0 Å². The van der Waals surface area contributed by atoms with Crippen LogP contribution in [0.25, 0.3) is 0 Å². The molecular weight excluding hydrogens is 457 g/mol. The van der Waals surface area contributed by atoms with Crippen molar-refractivity contribution in [2.75, 3.05) is 17.1 Å². The molecule has 9 heteroatoms. The normalized spacial score (nSPS) is 13.1. The molecule has 0 aromatic heterocycles. The Morgan fingerprint density at radius 1 is 1.06 bits per heavy atom. The van der Waals surface area contributed by atoms with Gasteiger partial charge in [-0.25, -0.2) is 12.8 Å². The number of nitrogens with zero attached hydrogens (tertiary/aromatic N) is 2. The van der Waals surface area contributed by atoms with Gasteiger partial charge in [-0.3, -0.25) is 13.9 Å². The number of amides is 2. The van der Waals surface area contributed by atoms with Gasteiger partial charge in [0.1, 0.15) is 18.4 Å². The van der Waals surface area contributed by atoms with Crippen LogP contribution in [0.15, 0.2) is 48.5 Å². The number of carbonyl (C=O) groups is 2. The van der Waals surface area contributed by atoms with Crippen LogP contribution in [-0.4, -0.2) is 50.0 Å². The first kappa shape index (κ1) is 27.3. The highest BCUT2D eigenvalue weighted by Crippen LogP contribution is 2.20. The number of sulfonamides is 1. The number of rotatable bonds is 11. The molecule has 186 valence electrons. The van der Waals surface area contributed by atoms with E-state index in [1.165, 1.54) is 23.1 Å². The average Bonchev–Trinajstić information content (AvgIpc) is 2.77. The van der Waals surface area contributed by atoms with Crippen molar-refractivity contribution in [1.29, 1.82) is 0 Å². The number of anilines is 1. The lowest BCUT2D eigenvalue weighted by Gasteiger charge is -2.33. The standard InChI is InChI=1S/C25H34FN3O4S/c1-6-19(4)27-25(31)23(7-2)28(16-20-13-11-18(3)12-14-20)24(30)17-29(34(5,32)33)22-10-8-9-21(26)15-22/h8-15,19,23H,6-7,16-17H2,1-5H3,(H,27,31)/t19-,23+/m1/s1. The molecule has 2 atom stereocenters. The highest BCUT2D eigenvalue weighted by atomic mass is 32.2. The molecule has 0 heterocycles. The molecular formula is C25H34FN3O4S. The summed E-state index contributed by atoms with van der Waals surface area (Å²) in [5.74, 6) is -1.47. The summed E-state index contributed by atoms with van der Waals surface area (Å²) in [5.41, 5.74) is 1.91. The van der Waals surface area contributed by atoms with E-state index in [0.29, 0.717) is 6.42 Å². The lowest BCUT2D eigenvalue weighted by molar-refractivity contribution is -0.140. The van der Waals surface area contributed by atoms with Crippen molar-refractivity contribution in [3.63, 3.8) is 0 Å².